The number of carbonyl (C=O) groups is 3. The average molecular weight is 463 g/mol. The number of esters is 1. The van der Waals surface area contributed by atoms with Crippen LogP contribution in [0.1, 0.15) is 67.7 Å². The molecule has 170 valence electrons. The van der Waals surface area contributed by atoms with E-state index in [9.17, 15) is 14.4 Å². The molecule has 1 aliphatic carbocycles. The number of rotatable bonds is 7. The molecule has 0 aliphatic heterocycles. The van der Waals surface area contributed by atoms with Gasteiger partial charge in [-0.05, 0) is 68.0 Å². The Morgan fingerprint density at radius 3 is 2.45 bits per heavy atom. The molecule has 2 amide bonds. The average Bonchev–Trinajstić information content (AvgIpc) is 3.21. The van der Waals surface area contributed by atoms with E-state index < -0.39 is 5.97 Å². The molecule has 1 aliphatic rings. The number of hydrogen-bond acceptors (Lipinski definition) is 5. The minimum absolute atomic E-state index is 0.246. The van der Waals surface area contributed by atoms with E-state index in [1.807, 2.05) is 13.0 Å². The quantitative estimate of drug-likeness (QED) is 0.441. The van der Waals surface area contributed by atoms with Gasteiger partial charge < -0.3 is 15.4 Å². The van der Waals surface area contributed by atoms with Gasteiger partial charge in [-0.3, -0.25) is 9.59 Å². The van der Waals surface area contributed by atoms with Gasteiger partial charge in [0.2, 0.25) is 0 Å². The van der Waals surface area contributed by atoms with Crippen LogP contribution in [0, 0.1) is 0 Å². The number of amides is 2. The smallest absolute Gasteiger partial charge is 0.338 e. The molecule has 2 aromatic carbocycles. The summed E-state index contributed by atoms with van der Waals surface area (Å²) >= 11 is 1.47. The first kappa shape index (κ1) is 22.7. The van der Waals surface area contributed by atoms with E-state index in [2.05, 4.69) is 10.6 Å². The van der Waals surface area contributed by atoms with Crippen LogP contribution in [-0.4, -0.2) is 24.4 Å². The van der Waals surface area contributed by atoms with Crippen molar-refractivity contribution in [2.24, 2.45) is 0 Å². The second kappa shape index (κ2) is 10.4. The Hall–Kier alpha value is -3.45. The van der Waals surface area contributed by atoms with Gasteiger partial charge in [-0.15, -0.1) is 11.3 Å². The number of carbonyl (C=O) groups excluding carboxylic acids is 3. The van der Waals surface area contributed by atoms with Gasteiger partial charge in [-0.25, -0.2) is 4.79 Å². The van der Waals surface area contributed by atoms with Gasteiger partial charge in [0, 0.05) is 16.1 Å². The third-order valence-corrected chi connectivity index (χ3v) is 6.66. The summed E-state index contributed by atoms with van der Waals surface area (Å²) in [7, 11) is 0. The maximum atomic E-state index is 13.4. The fraction of sp³-hybridized carbons (Fsp3) is 0.269. The highest BCUT2D eigenvalue weighted by molar-refractivity contribution is 7.17. The number of benzene rings is 2. The van der Waals surface area contributed by atoms with E-state index in [1.165, 1.54) is 11.3 Å². The summed E-state index contributed by atoms with van der Waals surface area (Å²) in [6, 6.07) is 15.7. The number of hydrogen-bond donors (Lipinski definition) is 2. The molecule has 0 saturated carbocycles. The van der Waals surface area contributed by atoms with Gasteiger partial charge in [0.25, 0.3) is 11.8 Å². The van der Waals surface area contributed by atoms with Crippen LogP contribution in [0.4, 0.5) is 10.7 Å². The highest BCUT2D eigenvalue weighted by Gasteiger charge is 2.27. The number of thiophene rings is 1. The van der Waals surface area contributed by atoms with Gasteiger partial charge in [0.1, 0.15) is 5.00 Å². The first-order valence-corrected chi connectivity index (χ1v) is 12.0. The number of anilines is 2. The Kier molecular flexibility index (Phi) is 7.19. The normalized spacial score (nSPS) is 12.5. The van der Waals surface area contributed by atoms with Gasteiger partial charge in [-0.1, -0.05) is 31.2 Å². The van der Waals surface area contributed by atoms with Crippen molar-refractivity contribution in [2.75, 3.05) is 17.2 Å². The molecule has 1 heterocycles. The fourth-order valence-electron chi connectivity index (χ4n) is 3.85. The zero-order valence-electron chi connectivity index (χ0n) is 18.5. The van der Waals surface area contributed by atoms with E-state index in [4.69, 9.17) is 4.74 Å². The van der Waals surface area contributed by atoms with E-state index >= 15 is 0 Å². The molecule has 1 aromatic heterocycles. The second-order valence-corrected chi connectivity index (χ2v) is 9.01. The Labute approximate surface area is 197 Å². The van der Waals surface area contributed by atoms with E-state index in [0.29, 0.717) is 34.0 Å². The standard InChI is InChI=1S/C26H26N2O4S/c1-2-15-32-26(31)18-11-8-12-19(16-18)27-24(30)22-20-13-6-7-14-21(20)33-25(22)28-23(29)17-9-4-3-5-10-17/h3-5,8-12,16H,2,6-7,13-15H2,1H3,(H,27,30)(H,28,29). The molecule has 33 heavy (non-hydrogen) atoms. The van der Waals surface area contributed by atoms with Crippen LogP contribution in [0.2, 0.25) is 0 Å². The molecule has 2 N–H and O–H groups in total. The maximum Gasteiger partial charge on any atom is 0.338 e. The predicted octanol–water partition coefficient (Wildman–Crippen LogP) is 5.70. The summed E-state index contributed by atoms with van der Waals surface area (Å²) in [4.78, 5) is 39.5. The lowest BCUT2D eigenvalue weighted by molar-refractivity contribution is 0.0505. The minimum atomic E-state index is -0.420. The Morgan fingerprint density at radius 2 is 1.67 bits per heavy atom. The summed E-state index contributed by atoms with van der Waals surface area (Å²) in [6.45, 7) is 2.28. The highest BCUT2D eigenvalue weighted by Crippen LogP contribution is 2.38. The Morgan fingerprint density at radius 1 is 0.909 bits per heavy atom. The molecule has 4 rings (SSSR count). The molecule has 6 nitrogen and oxygen atoms in total. The lowest BCUT2D eigenvalue weighted by Crippen LogP contribution is -2.19. The first-order valence-electron chi connectivity index (χ1n) is 11.2. The second-order valence-electron chi connectivity index (χ2n) is 7.91. The van der Waals surface area contributed by atoms with Crippen LogP contribution < -0.4 is 10.6 Å². The maximum absolute atomic E-state index is 13.4. The van der Waals surface area contributed by atoms with E-state index in [1.54, 1.807) is 48.5 Å². The SMILES string of the molecule is CCCOC(=O)c1cccc(NC(=O)c2c(NC(=O)c3ccccc3)sc3c2CCCC3)c1. The molecule has 0 atom stereocenters. The summed E-state index contributed by atoms with van der Waals surface area (Å²) in [5, 5.41) is 6.42. The van der Waals surface area contributed by atoms with Crippen molar-refractivity contribution in [3.63, 3.8) is 0 Å². The lowest BCUT2D eigenvalue weighted by Gasteiger charge is -2.14. The third-order valence-electron chi connectivity index (χ3n) is 5.45. The predicted molar refractivity (Wildman–Crippen MR) is 130 cm³/mol. The van der Waals surface area contributed by atoms with Crippen LogP contribution in [-0.2, 0) is 17.6 Å². The first-order chi connectivity index (χ1) is 16.1. The van der Waals surface area contributed by atoms with Crippen molar-refractivity contribution < 1.29 is 19.1 Å². The van der Waals surface area contributed by atoms with Gasteiger partial charge >= 0.3 is 5.97 Å². The van der Waals surface area contributed by atoms with Crippen LogP contribution in [0.25, 0.3) is 0 Å². The molecule has 0 fully saturated rings. The van der Waals surface area contributed by atoms with Gasteiger partial charge in [0.05, 0.1) is 17.7 Å². The van der Waals surface area contributed by atoms with Gasteiger partial charge in [-0.2, -0.15) is 0 Å². The topological polar surface area (TPSA) is 84.5 Å². The number of ether oxygens (including phenoxy) is 1. The number of nitrogens with one attached hydrogen (secondary N) is 2. The van der Waals surface area contributed by atoms with E-state index in [-0.39, 0.29) is 11.8 Å². The van der Waals surface area contributed by atoms with E-state index in [0.717, 1.165) is 42.5 Å². The van der Waals surface area contributed by atoms with Crippen molar-refractivity contribution in [3.8, 4) is 0 Å². The van der Waals surface area contributed by atoms with Crippen LogP contribution in [0.3, 0.4) is 0 Å². The highest BCUT2D eigenvalue weighted by atomic mass is 32.1. The summed E-state index contributed by atoms with van der Waals surface area (Å²) in [5.74, 6) is -0.961. The molecular weight excluding hydrogens is 436 g/mol. The summed E-state index contributed by atoms with van der Waals surface area (Å²) in [6.07, 6.45) is 4.53. The largest absolute Gasteiger partial charge is 0.462 e. The molecule has 0 saturated heterocycles. The molecular formula is C26H26N2O4S. The molecule has 3 aromatic rings. The molecule has 0 spiro atoms. The number of aryl methyl sites for hydroxylation is 1. The minimum Gasteiger partial charge on any atom is -0.462 e. The Bertz CT molecular complexity index is 1170. The van der Waals surface area contributed by atoms with Crippen LogP contribution in [0.15, 0.2) is 54.6 Å². The molecule has 7 heteroatoms. The fourth-order valence-corrected chi connectivity index (χ4v) is 5.14. The third kappa shape index (κ3) is 5.31. The molecule has 0 radical (unpaired) electrons. The number of fused-ring (bicyclic) bond motifs is 1. The van der Waals surface area contributed by atoms with Crippen molar-refractivity contribution in [3.05, 3.63) is 81.7 Å². The molecule has 0 unspecified atom stereocenters. The van der Waals surface area contributed by atoms with Crippen molar-refractivity contribution in [2.45, 2.75) is 39.0 Å². The molecule has 0 bridgehead atoms. The lowest BCUT2D eigenvalue weighted by atomic mass is 9.95. The van der Waals surface area contributed by atoms with Crippen molar-refractivity contribution >= 4 is 39.8 Å². The zero-order valence-corrected chi connectivity index (χ0v) is 19.3. The Balaban J connectivity index is 1.59. The van der Waals surface area contributed by atoms with Crippen LogP contribution >= 0.6 is 11.3 Å². The monoisotopic (exact) mass is 462 g/mol. The van der Waals surface area contributed by atoms with Crippen LogP contribution in [0.5, 0.6) is 0 Å². The zero-order chi connectivity index (χ0) is 23.2. The van der Waals surface area contributed by atoms with Crippen molar-refractivity contribution in [1.82, 2.24) is 0 Å². The van der Waals surface area contributed by atoms with Crippen molar-refractivity contribution in [1.29, 1.82) is 0 Å². The summed E-state index contributed by atoms with van der Waals surface area (Å²) < 4.78 is 5.19. The summed E-state index contributed by atoms with van der Waals surface area (Å²) in [5.41, 5.74) is 2.94. The van der Waals surface area contributed by atoms with Gasteiger partial charge in [0.15, 0.2) is 0 Å².